The van der Waals surface area contributed by atoms with E-state index >= 15 is 0 Å². The minimum absolute atomic E-state index is 0.169. The maximum atomic E-state index is 13.6. The zero-order chi connectivity index (χ0) is 14.8. The summed E-state index contributed by atoms with van der Waals surface area (Å²) < 4.78 is 27.4. The molecule has 106 valence electrons. The Hall–Kier alpha value is -1.26. The lowest BCUT2D eigenvalue weighted by molar-refractivity contribution is 0.0597. The molecule has 0 spiro atoms. The first-order valence-electron chi connectivity index (χ1n) is 6.28. The predicted molar refractivity (Wildman–Crippen MR) is 78.5 cm³/mol. The van der Waals surface area contributed by atoms with Crippen molar-refractivity contribution in [2.75, 3.05) is 0 Å². The minimum Gasteiger partial charge on any atom is -0.389 e. The van der Waals surface area contributed by atoms with Crippen LogP contribution in [-0.2, 0) is 12.8 Å². The van der Waals surface area contributed by atoms with Crippen molar-refractivity contribution in [1.82, 2.24) is 0 Å². The molecule has 1 N–H and O–H groups in total. The molecule has 0 aliphatic carbocycles. The Morgan fingerprint density at radius 1 is 0.950 bits per heavy atom. The van der Waals surface area contributed by atoms with Crippen molar-refractivity contribution in [1.29, 1.82) is 0 Å². The second kappa shape index (κ2) is 6.02. The molecule has 1 atom stereocenters. The Balaban J connectivity index is 2.19. The van der Waals surface area contributed by atoms with Crippen LogP contribution in [-0.4, -0.2) is 10.7 Å². The topological polar surface area (TPSA) is 20.2 Å². The highest BCUT2D eigenvalue weighted by atomic mass is 79.9. The average molecular weight is 341 g/mol. The molecule has 0 amide bonds. The third-order valence-electron chi connectivity index (χ3n) is 3.13. The number of aliphatic hydroxyl groups is 1. The van der Waals surface area contributed by atoms with Crippen LogP contribution >= 0.6 is 15.9 Å². The lowest BCUT2D eigenvalue weighted by Crippen LogP contribution is -2.30. The van der Waals surface area contributed by atoms with Crippen molar-refractivity contribution in [2.45, 2.75) is 25.4 Å². The largest absolute Gasteiger partial charge is 0.389 e. The summed E-state index contributed by atoms with van der Waals surface area (Å²) in [5.41, 5.74) is -0.0465. The average Bonchev–Trinajstić information content (AvgIpc) is 2.37. The van der Waals surface area contributed by atoms with E-state index in [2.05, 4.69) is 15.9 Å². The molecular formula is C16H15BrF2O. The van der Waals surface area contributed by atoms with Crippen LogP contribution in [0.1, 0.15) is 18.1 Å². The molecule has 0 bridgehead atoms. The summed E-state index contributed by atoms with van der Waals surface area (Å²) in [6, 6.07) is 11.0. The van der Waals surface area contributed by atoms with Gasteiger partial charge in [0.25, 0.3) is 0 Å². The Labute approximate surface area is 125 Å². The molecule has 2 aromatic rings. The van der Waals surface area contributed by atoms with E-state index < -0.39 is 5.60 Å². The summed E-state index contributed by atoms with van der Waals surface area (Å²) in [5.74, 6) is -0.713. The molecule has 0 radical (unpaired) electrons. The molecule has 1 unspecified atom stereocenters. The number of rotatable bonds is 4. The fourth-order valence-corrected chi connectivity index (χ4v) is 2.61. The minimum atomic E-state index is -1.15. The number of hydrogen-bond donors (Lipinski definition) is 1. The van der Waals surface area contributed by atoms with Gasteiger partial charge in [-0.05, 0) is 46.1 Å². The fraction of sp³-hybridized carbons (Fsp3) is 0.250. The van der Waals surface area contributed by atoms with E-state index in [9.17, 15) is 13.9 Å². The van der Waals surface area contributed by atoms with Crippen LogP contribution in [0.3, 0.4) is 0 Å². The summed E-state index contributed by atoms with van der Waals surface area (Å²) in [6.45, 7) is 1.62. The molecule has 0 heterocycles. The van der Waals surface area contributed by atoms with Gasteiger partial charge in [-0.1, -0.05) is 30.3 Å². The van der Waals surface area contributed by atoms with Gasteiger partial charge in [0.2, 0.25) is 0 Å². The summed E-state index contributed by atoms with van der Waals surface area (Å²) in [5, 5.41) is 10.5. The molecule has 4 heteroatoms. The Morgan fingerprint density at radius 2 is 1.50 bits per heavy atom. The van der Waals surface area contributed by atoms with E-state index in [1.807, 2.05) is 0 Å². The fourth-order valence-electron chi connectivity index (χ4n) is 2.21. The quantitative estimate of drug-likeness (QED) is 0.881. The van der Waals surface area contributed by atoms with Crippen LogP contribution in [0, 0.1) is 11.6 Å². The Bertz CT molecular complexity index is 611. The highest BCUT2D eigenvalue weighted by molar-refractivity contribution is 9.10. The standard InChI is InChI=1S/C16H15BrF2O/c1-16(20,9-11-5-2-3-7-13(11)18)10-12-6-4-8-14(19)15(12)17/h2-8,20H,9-10H2,1H3. The Morgan fingerprint density at radius 3 is 2.20 bits per heavy atom. The third kappa shape index (κ3) is 3.64. The smallest absolute Gasteiger partial charge is 0.137 e. The number of benzene rings is 2. The molecule has 2 rings (SSSR count). The van der Waals surface area contributed by atoms with Crippen LogP contribution in [0.5, 0.6) is 0 Å². The molecule has 2 aromatic carbocycles. The van der Waals surface area contributed by atoms with Crippen LogP contribution in [0.25, 0.3) is 0 Å². The van der Waals surface area contributed by atoms with E-state index in [0.717, 1.165) is 0 Å². The van der Waals surface area contributed by atoms with E-state index in [-0.39, 0.29) is 24.5 Å². The van der Waals surface area contributed by atoms with Crippen molar-refractivity contribution in [3.63, 3.8) is 0 Å². The maximum absolute atomic E-state index is 13.6. The van der Waals surface area contributed by atoms with E-state index in [1.165, 1.54) is 12.1 Å². The van der Waals surface area contributed by atoms with Gasteiger partial charge in [0.1, 0.15) is 11.6 Å². The normalized spacial score (nSPS) is 14.1. The summed E-state index contributed by atoms with van der Waals surface area (Å²) in [7, 11) is 0. The van der Waals surface area contributed by atoms with E-state index in [4.69, 9.17) is 0 Å². The number of hydrogen-bond acceptors (Lipinski definition) is 1. The van der Waals surface area contributed by atoms with Crippen LogP contribution in [0.15, 0.2) is 46.9 Å². The van der Waals surface area contributed by atoms with Gasteiger partial charge in [0.15, 0.2) is 0 Å². The molecule has 0 saturated heterocycles. The zero-order valence-corrected chi connectivity index (χ0v) is 12.6. The third-order valence-corrected chi connectivity index (χ3v) is 4.02. The molecular weight excluding hydrogens is 326 g/mol. The van der Waals surface area contributed by atoms with Gasteiger partial charge in [0.05, 0.1) is 10.1 Å². The van der Waals surface area contributed by atoms with E-state index in [0.29, 0.717) is 15.6 Å². The SMILES string of the molecule is CC(O)(Cc1ccccc1F)Cc1cccc(F)c1Br. The lowest BCUT2D eigenvalue weighted by atomic mass is 9.89. The molecule has 20 heavy (non-hydrogen) atoms. The number of halogens is 3. The Kier molecular flexibility index (Phi) is 4.55. The van der Waals surface area contributed by atoms with Gasteiger partial charge in [-0.15, -0.1) is 0 Å². The van der Waals surface area contributed by atoms with Crippen molar-refractivity contribution in [3.8, 4) is 0 Å². The summed E-state index contributed by atoms with van der Waals surface area (Å²) in [4.78, 5) is 0. The van der Waals surface area contributed by atoms with Gasteiger partial charge < -0.3 is 5.11 Å². The van der Waals surface area contributed by atoms with Gasteiger partial charge in [-0.25, -0.2) is 8.78 Å². The van der Waals surface area contributed by atoms with Gasteiger partial charge in [-0.3, -0.25) is 0 Å². The molecule has 1 nitrogen and oxygen atoms in total. The molecule has 0 aliphatic rings. The second-order valence-electron chi connectivity index (χ2n) is 5.15. The van der Waals surface area contributed by atoms with Gasteiger partial charge in [-0.2, -0.15) is 0 Å². The van der Waals surface area contributed by atoms with Crippen LogP contribution < -0.4 is 0 Å². The van der Waals surface area contributed by atoms with Crippen molar-refractivity contribution in [3.05, 3.63) is 69.7 Å². The molecule has 0 fully saturated rings. The zero-order valence-electron chi connectivity index (χ0n) is 11.0. The van der Waals surface area contributed by atoms with Crippen LogP contribution in [0.4, 0.5) is 8.78 Å². The summed E-state index contributed by atoms with van der Waals surface area (Å²) >= 11 is 3.17. The molecule has 0 saturated carbocycles. The van der Waals surface area contributed by atoms with Crippen LogP contribution in [0.2, 0.25) is 0 Å². The second-order valence-corrected chi connectivity index (χ2v) is 5.95. The summed E-state index contributed by atoms with van der Waals surface area (Å²) in [6.07, 6.45) is 0.405. The highest BCUT2D eigenvalue weighted by Gasteiger charge is 2.24. The lowest BCUT2D eigenvalue weighted by Gasteiger charge is -2.24. The van der Waals surface area contributed by atoms with Gasteiger partial charge >= 0.3 is 0 Å². The maximum Gasteiger partial charge on any atom is 0.137 e. The van der Waals surface area contributed by atoms with Crippen molar-refractivity contribution >= 4 is 15.9 Å². The monoisotopic (exact) mass is 340 g/mol. The van der Waals surface area contributed by atoms with Crippen molar-refractivity contribution < 1.29 is 13.9 Å². The first-order valence-corrected chi connectivity index (χ1v) is 7.07. The van der Waals surface area contributed by atoms with Gasteiger partial charge in [0, 0.05) is 12.8 Å². The predicted octanol–water partition coefficient (Wildman–Crippen LogP) is 4.26. The molecule has 0 aromatic heterocycles. The first-order chi connectivity index (χ1) is 9.39. The highest BCUT2D eigenvalue weighted by Crippen LogP contribution is 2.26. The van der Waals surface area contributed by atoms with Crippen molar-refractivity contribution in [2.24, 2.45) is 0 Å². The molecule has 0 aliphatic heterocycles. The first kappa shape index (κ1) is 15.1. The van der Waals surface area contributed by atoms with E-state index in [1.54, 1.807) is 37.3 Å².